The molecule has 0 aliphatic heterocycles. The maximum atomic E-state index is 13.8. The summed E-state index contributed by atoms with van der Waals surface area (Å²) in [4.78, 5) is 12.1. The Morgan fingerprint density at radius 1 is 1.11 bits per heavy atom. The zero-order chi connectivity index (χ0) is 19.7. The van der Waals surface area contributed by atoms with E-state index in [1.807, 2.05) is 6.07 Å². The highest BCUT2D eigenvalue weighted by Crippen LogP contribution is 2.25. The van der Waals surface area contributed by atoms with Gasteiger partial charge in [-0.2, -0.15) is 0 Å². The highest BCUT2D eigenvalue weighted by molar-refractivity contribution is 5.99. The SMILES string of the molecule is Cc1ccc(F)c(NC(=O)Nc2ccc(-c3cccn4nnc(N)c34)nn2)c1. The number of rotatable bonds is 3. The molecule has 0 bridgehead atoms. The van der Waals surface area contributed by atoms with Crippen LogP contribution in [0.4, 0.5) is 26.5 Å². The summed E-state index contributed by atoms with van der Waals surface area (Å²) in [7, 11) is 0. The van der Waals surface area contributed by atoms with Crippen LogP contribution in [-0.2, 0) is 0 Å². The summed E-state index contributed by atoms with van der Waals surface area (Å²) in [6.45, 7) is 1.80. The van der Waals surface area contributed by atoms with Gasteiger partial charge in [0.15, 0.2) is 11.6 Å². The molecule has 0 aliphatic rings. The number of hydrogen-bond acceptors (Lipinski definition) is 6. The van der Waals surface area contributed by atoms with Gasteiger partial charge in [0.25, 0.3) is 0 Å². The van der Waals surface area contributed by atoms with E-state index in [2.05, 4.69) is 31.1 Å². The summed E-state index contributed by atoms with van der Waals surface area (Å²) in [6.07, 6.45) is 1.72. The molecule has 0 radical (unpaired) electrons. The number of carbonyl (C=O) groups excluding carboxylic acids is 1. The molecule has 0 spiro atoms. The molecule has 140 valence electrons. The number of amides is 2. The summed E-state index contributed by atoms with van der Waals surface area (Å²) in [5, 5.41) is 20.8. The smallest absolute Gasteiger partial charge is 0.324 e. The van der Waals surface area contributed by atoms with Gasteiger partial charge in [-0.3, -0.25) is 5.32 Å². The van der Waals surface area contributed by atoms with Crippen molar-refractivity contribution in [2.45, 2.75) is 6.92 Å². The molecule has 28 heavy (non-hydrogen) atoms. The van der Waals surface area contributed by atoms with Crippen molar-refractivity contribution in [2.75, 3.05) is 16.4 Å². The standard InChI is InChI=1S/C18H15FN8O/c1-10-4-5-12(19)14(9-10)21-18(28)22-15-7-6-13(23-24-15)11-3-2-8-27-16(11)17(20)25-26-27/h2-9H,20H2,1H3,(H2,21,22,24,28). The van der Waals surface area contributed by atoms with Crippen LogP contribution in [0.5, 0.6) is 0 Å². The summed E-state index contributed by atoms with van der Waals surface area (Å²) in [5.74, 6) is -0.0395. The molecule has 9 nitrogen and oxygen atoms in total. The highest BCUT2D eigenvalue weighted by Gasteiger charge is 2.12. The Kier molecular flexibility index (Phi) is 4.28. The van der Waals surface area contributed by atoms with E-state index in [0.29, 0.717) is 16.8 Å². The molecule has 3 aromatic heterocycles. The van der Waals surface area contributed by atoms with Crippen molar-refractivity contribution in [3.05, 3.63) is 60.0 Å². The number of fused-ring (bicyclic) bond motifs is 1. The number of halogens is 1. The number of nitrogens with two attached hydrogens (primary N) is 1. The number of nitrogen functional groups attached to an aromatic ring is 1. The topological polar surface area (TPSA) is 123 Å². The molecule has 0 aliphatic carbocycles. The van der Waals surface area contributed by atoms with E-state index < -0.39 is 11.8 Å². The number of benzene rings is 1. The predicted octanol–water partition coefficient (Wildman–Crippen LogP) is 2.86. The number of nitrogens with zero attached hydrogens (tertiary/aromatic N) is 5. The molecule has 0 fully saturated rings. The maximum Gasteiger partial charge on any atom is 0.324 e. The fraction of sp³-hybridized carbons (Fsp3) is 0.0556. The third-order valence-corrected chi connectivity index (χ3v) is 4.02. The van der Waals surface area contributed by atoms with E-state index in [4.69, 9.17) is 5.73 Å². The van der Waals surface area contributed by atoms with Crippen LogP contribution in [0.2, 0.25) is 0 Å². The van der Waals surface area contributed by atoms with E-state index in [0.717, 1.165) is 5.56 Å². The van der Waals surface area contributed by atoms with E-state index in [1.165, 1.54) is 12.1 Å². The Bertz CT molecular complexity index is 1170. The second-order valence-corrected chi connectivity index (χ2v) is 6.06. The molecule has 4 N–H and O–H groups in total. The monoisotopic (exact) mass is 378 g/mol. The number of nitrogens with one attached hydrogen (secondary N) is 2. The van der Waals surface area contributed by atoms with Crippen molar-refractivity contribution in [3.63, 3.8) is 0 Å². The van der Waals surface area contributed by atoms with Gasteiger partial charge in [0.05, 0.1) is 11.4 Å². The van der Waals surface area contributed by atoms with E-state index in [1.54, 1.807) is 41.9 Å². The Labute approximate surface area is 158 Å². The van der Waals surface area contributed by atoms with Gasteiger partial charge in [0.2, 0.25) is 0 Å². The molecule has 0 saturated heterocycles. The van der Waals surface area contributed by atoms with Gasteiger partial charge in [-0.15, -0.1) is 15.3 Å². The Morgan fingerprint density at radius 3 is 2.75 bits per heavy atom. The fourth-order valence-corrected chi connectivity index (χ4v) is 2.73. The van der Waals surface area contributed by atoms with Crippen LogP contribution in [-0.4, -0.2) is 31.1 Å². The maximum absolute atomic E-state index is 13.8. The summed E-state index contributed by atoms with van der Waals surface area (Å²) >= 11 is 0. The third kappa shape index (κ3) is 3.30. The fourth-order valence-electron chi connectivity index (χ4n) is 2.73. The van der Waals surface area contributed by atoms with Crippen LogP contribution >= 0.6 is 0 Å². The predicted molar refractivity (Wildman–Crippen MR) is 102 cm³/mol. The number of hydrogen-bond donors (Lipinski definition) is 3. The Balaban J connectivity index is 1.52. The minimum atomic E-state index is -0.627. The van der Waals surface area contributed by atoms with Crippen molar-refractivity contribution in [2.24, 2.45) is 0 Å². The number of anilines is 3. The van der Waals surface area contributed by atoms with Crippen LogP contribution in [0, 0.1) is 12.7 Å². The third-order valence-electron chi connectivity index (χ3n) is 4.02. The molecule has 1 aromatic carbocycles. The lowest BCUT2D eigenvalue weighted by Gasteiger charge is -2.09. The molecule has 2 amide bonds. The minimum absolute atomic E-state index is 0.0810. The summed E-state index contributed by atoms with van der Waals surface area (Å²) in [5.41, 5.74) is 8.63. The molecule has 4 aromatic rings. The molecule has 10 heteroatoms. The second-order valence-electron chi connectivity index (χ2n) is 6.06. The quantitative estimate of drug-likeness (QED) is 0.504. The number of urea groups is 1. The first kappa shape index (κ1) is 17.3. The van der Waals surface area contributed by atoms with Gasteiger partial charge in [-0.1, -0.05) is 11.3 Å². The average Bonchev–Trinajstić information content (AvgIpc) is 3.07. The molecular weight excluding hydrogens is 363 g/mol. The molecular formula is C18H15FN8O. The molecule has 4 rings (SSSR count). The summed E-state index contributed by atoms with van der Waals surface area (Å²) in [6, 6.07) is 10.7. The first-order valence-corrected chi connectivity index (χ1v) is 8.29. The van der Waals surface area contributed by atoms with Gasteiger partial charge >= 0.3 is 6.03 Å². The minimum Gasteiger partial charge on any atom is -0.380 e. The molecule has 0 saturated carbocycles. The van der Waals surface area contributed by atoms with Crippen LogP contribution in [0.3, 0.4) is 0 Å². The van der Waals surface area contributed by atoms with Crippen molar-refractivity contribution >= 4 is 28.9 Å². The Morgan fingerprint density at radius 2 is 1.96 bits per heavy atom. The van der Waals surface area contributed by atoms with Crippen LogP contribution in [0.1, 0.15) is 5.56 Å². The highest BCUT2D eigenvalue weighted by atomic mass is 19.1. The van der Waals surface area contributed by atoms with Gasteiger partial charge < -0.3 is 11.1 Å². The van der Waals surface area contributed by atoms with Crippen LogP contribution < -0.4 is 16.4 Å². The molecule has 0 atom stereocenters. The lowest BCUT2D eigenvalue weighted by Crippen LogP contribution is -2.21. The zero-order valence-corrected chi connectivity index (χ0v) is 14.7. The lowest BCUT2D eigenvalue weighted by atomic mass is 10.1. The molecule has 3 heterocycles. The number of aromatic nitrogens is 5. The first-order valence-electron chi connectivity index (χ1n) is 8.29. The van der Waals surface area contributed by atoms with Crippen LogP contribution in [0.25, 0.3) is 16.8 Å². The van der Waals surface area contributed by atoms with E-state index in [9.17, 15) is 9.18 Å². The summed E-state index contributed by atoms with van der Waals surface area (Å²) < 4.78 is 15.3. The van der Waals surface area contributed by atoms with Gasteiger partial charge in [-0.25, -0.2) is 13.7 Å². The normalized spacial score (nSPS) is 10.8. The average molecular weight is 378 g/mol. The van der Waals surface area contributed by atoms with Gasteiger partial charge in [0.1, 0.15) is 11.3 Å². The molecule has 0 unspecified atom stereocenters. The number of aryl methyl sites for hydroxylation is 1. The van der Waals surface area contributed by atoms with E-state index >= 15 is 0 Å². The van der Waals surface area contributed by atoms with Crippen molar-refractivity contribution < 1.29 is 9.18 Å². The van der Waals surface area contributed by atoms with Crippen molar-refractivity contribution in [3.8, 4) is 11.3 Å². The van der Waals surface area contributed by atoms with Crippen molar-refractivity contribution in [1.29, 1.82) is 0 Å². The number of pyridine rings is 1. The first-order chi connectivity index (χ1) is 13.5. The zero-order valence-electron chi connectivity index (χ0n) is 14.7. The number of carbonyl (C=O) groups is 1. The van der Waals surface area contributed by atoms with Crippen molar-refractivity contribution in [1.82, 2.24) is 25.0 Å². The van der Waals surface area contributed by atoms with Gasteiger partial charge in [0, 0.05) is 11.8 Å². The second kappa shape index (κ2) is 6.91. The lowest BCUT2D eigenvalue weighted by molar-refractivity contribution is 0.262. The Hall–Kier alpha value is -4.08. The largest absolute Gasteiger partial charge is 0.380 e. The van der Waals surface area contributed by atoms with Crippen LogP contribution in [0.15, 0.2) is 48.7 Å². The van der Waals surface area contributed by atoms with E-state index in [-0.39, 0.29) is 17.3 Å². The van der Waals surface area contributed by atoms with Gasteiger partial charge in [-0.05, 0) is 48.9 Å².